The highest BCUT2D eigenvalue weighted by molar-refractivity contribution is 5.45. The highest BCUT2D eigenvalue weighted by Gasteiger charge is 2.10. The summed E-state index contributed by atoms with van der Waals surface area (Å²) in [6, 6.07) is 9.62. The second-order valence-electron chi connectivity index (χ2n) is 4.47. The van der Waals surface area contributed by atoms with Crippen LogP contribution >= 0.6 is 0 Å². The van der Waals surface area contributed by atoms with Crippen molar-refractivity contribution in [2.45, 2.75) is 19.4 Å². The highest BCUT2D eigenvalue weighted by Crippen LogP contribution is 2.17. The van der Waals surface area contributed by atoms with Crippen LogP contribution < -0.4 is 5.32 Å². The molecule has 1 N–H and O–H groups in total. The number of halogens is 3. The number of nitrogens with one attached hydrogen (secondary N) is 1. The minimum atomic E-state index is -0.652. The van der Waals surface area contributed by atoms with Gasteiger partial charge in [0.15, 0.2) is 0 Å². The third kappa shape index (κ3) is 3.50. The molecule has 0 aromatic heterocycles. The summed E-state index contributed by atoms with van der Waals surface area (Å²) in [7, 11) is 0. The minimum Gasteiger partial charge on any atom is -0.380 e. The van der Waals surface area contributed by atoms with Crippen molar-refractivity contribution in [3.63, 3.8) is 0 Å². The first-order chi connectivity index (χ1) is 9.06. The van der Waals surface area contributed by atoms with Gasteiger partial charge in [-0.3, -0.25) is 0 Å². The van der Waals surface area contributed by atoms with E-state index in [0.29, 0.717) is 12.0 Å². The van der Waals surface area contributed by atoms with E-state index in [2.05, 4.69) is 5.32 Å². The van der Waals surface area contributed by atoms with Gasteiger partial charge in [-0.05, 0) is 37.1 Å². The number of hydrogen-bond acceptors (Lipinski definition) is 1. The van der Waals surface area contributed by atoms with Gasteiger partial charge in [-0.25, -0.2) is 13.2 Å². The van der Waals surface area contributed by atoms with E-state index in [4.69, 9.17) is 0 Å². The summed E-state index contributed by atoms with van der Waals surface area (Å²) in [5.41, 5.74) is 0.773. The molecule has 100 valence electrons. The molecule has 0 radical (unpaired) electrons. The maximum Gasteiger partial charge on any atom is 0.149 e. The summed E-state index contributed by atoms with van der Waals surface area (Å²) >= 11 is 0. The van der Waals surface area contributed by atoms with Crippen molar-refractivity contribution in [1.82, 2.24) is 0 Å². The molecule has 1 unspecified atom stereocenters. The van der Waals surface area contributed by atoms with Crippen LogP contribution in [0.15, 0.2) is 42.5 Å². The third-order valence-corrected chi connectivity index (χ3v) is 2.82. The Balaban J connectivity index is 2.05. The largest absolute Gasteiger partial charge is 0.380 e. The first kappa shape index (κ1) is 13.5. The molecule has 1 nitrogen and oxygen atoms in total. The zero-order valence-electron chi connectivity index (χ0n) is 10.5. The Morgan fingerprint density at radius 2 is 1.74 bits per heavy atom. The molecule has 0 aliphatic rings. The molecule has 0 amide bonds. The molecule has 0 heterocycles. The molecule has 4 heteroatoms. The van der Waals surface area contributed by atoms with Gasteiger partial charge in [-0.2, -0.15) is 0 Å². The molecule has 0 spiro atoms. The van der Waals surface area contributed by atoms with Crippen molar-refractivity contribution in [3.05, 3.63) is 65.5 Å². The lowest BCUT2D eigenvalue weighted by Crippen LogP contribution is -2.19. The lowest BCUT2D eigenvalue weighted by molar-refractivity contribution is 0.581. The SMILES string of the molecule is CC(Cc1ccccc1F)Nc1ccc(F)cc1F. The average Bonchev–Trinajstić information content (AvgIpc) is 2.36. The molecule has 2 aromatic rings. The first-order valence-electron chi connectivity index (χ1n) is 6.01. The molecule has 0 bridgehead atoms. The van der Waals surface area contributed by atoms with Crippen LogP contribution in [-0.2, 0) is 6.42 Å². The van der Waals surface area contributed by atoms with E-state index >= 15 is 0 Å². The van der Waals surface area contributed by atoms with E-state index in [-0.39, 0.29) is 17.5 Å². The summed E-state index contributed by atoms with van der Waals surface area (Å²) in [6.45, 7) is 1.81. The maximum absolute atomic E-state index is 13.5. The molecule has 0 fully saturated rings. The van der Waals surface area contributed by atoms with Gasteiger partial charge in [0.25, 0.3) is 0 Å². The smallest absolute Gasteiger partial charge is 0.149 e. The average molecular weight is 265 g/mol. The van der Waals surface area contributed by atoms with E-state index in [0.717, 1.165) is 6.07 Å². The van der Waals surface area contributed by atoms with Gasteiger partial charge in [0.05, 0.1) is 5.69 Å². The zero-order chi connectivity index (χ0) is 13.8. The van der Waals surface area contributed by atoms with Gasteiger partial charge in [0.2, 0.25) is 0 Å². The first-order valence-corrected chi connectivity index (χ1v) is 6.01. The quantitative estimate of drug-likeness (QED) is 0.875. The number of hydrogen-bond donors (Lipinski definition) is 1. The van der Waals surface area contributed by atoms with Crippen molar-refractivity contribution in [3.8, 4) is 0 Å². The summed E-state index contributed by atoms with van der Waals surface area (Å²) < 4.78 is 39.7. The van der Waals surface area contributed by atoms with Gasteiger partial charge in [0.1, 0.15) is 17.5 Å². The van der Waals surface area contributed by atoms with Gasteiger partial charge in [0, 0.05) is 12.1 Å². The van der Waals surface area contributed by atoms with E-state index < -0.39 is 11.6 Å². The molecule has 1 atom stereocenters. The lowest BCUT2D eigenvalue weighted by atomic mass is 10.1. The van der Waals surface area contributed by atoms with Crippen LogP contribution in [0, 0.1) is 17.5 Å². The fourth-order valence-corrected chi connectivity index (χ4v) is 1.92. The van der Waals surface area contributed by atoms with E-state index in [9.17, 15) is 13.2 Å². The molecule has 0 aliphatic carbocycles. The number of benzene rings is 2. The van der Waals surface area contributed by atoms with Crippen LogP contribution in [0.5, 0.6) is 0 Å². The maximum atomic E-state index is 13.5. The van der Waals surface area contributed by atoms with Gasteiger partial charge in [-0.1, -0.05) is 18.2 Å². The van der Waals surface area contributed by atoms with Crippen LogP contribution in [-0.4, -0.2) is 6.04 Å². The van der Waals surface area contributed by atoms with Crippen LogP contribution in [0.2, 0.25) is 0 Å². The van der Waals surface area contributed by atoms with Crippen molar-refractivity contribution >= 4 is 5.69 Å². The van der Waals surface area contributed by atoms with Gasteiger partial charge >= 0.3 is 0 Å². The summed E-state index contributed by atoms with van der Waals surface area (Å²) in [6.07, 6.45) is 0.420. The van der Waals surface area contributed by atoms with E-state index in [1.54, 1.807) is 18.2 Å². The molecule has 0 saturated carbocycles. The van der Waals surface area contributed by atoms with Gasteiger partial charge < -0.3 is 5.32 Å². The van der Waals surface area contributed by atoms with Crippen LogP contribution in [0.3, 0.4) is 0 Å². The fourth-order valence-electron chi connectivity index (χ4n) is 1.92. The Kier molecular flexibility index (Phi) is 4.10. The highest BCUT2D eigenvalue weighted by atomic mass is 19.1. The van der Waals surface area contributed by atoms with E-state index in [1.807, 2.05) is 6.92 Å². The van der Waals surface area contributed by atoms with Gasteiger partial charge in [-0.15, -0.1) is 0 Å². The molecule has 0 aliphatic heterocycles. The Bertz CT molecular complexity index is 569. The molecule has 0 saturated heterocycles. The number of rotatable bonds is 4. The molecule has 2 aromatic carbocycles. The van der Waals surface area contributed by atoms with E-state index in [1.165, 1.54) is 18.2 Å². The topological polar surface area (TPSA) is 12.0 Å². The second kappa shape index (κ2) is 5.78. The van der Waals surface area contributed by atoms with Crippen molar-refractivity contribution < 1.29 is 13.2 Å². The van der Waals surface area contributed by atoms with Crippen molar-refractivity contribution in [2.24, 2.45) is 0 Å². The Morgan fingerprint density at radius 3 is 2.42 bits per heavy atom. The summed E-state index contributed by atoms with van der Waals surface area (Å²) in [5, 5.41) is 2.90. The van der Waals surface area contributed by atoms with Crippen LogP contribution in [0.4, 0.5) is 18.9 Å². The zero-order valence-corrected chi connectivity index (χ0v) is 10.5. The summed E-state index contributed by atoms with van der Waals surface area (Å²) in [4.78, 5) is 0. The van der Waals surface area contributed by atoms with Crippen LogP contribution in [0.1, 0.15) is 12.5 Å². The monoisotopic (exact) mass is 265 g/mol. The predicted molar refractivity (Wildman–Crippen MR) is 69.5 cm³/mol. The standard InChI is InChI=1S/C15H14F3N/c1-10(8-11-4-2-3-5-13(11)17)19-15-7-6-12(16)9-14(15)18/h2-7,9-10,19H,8H2,1H3. The third-order valence-electron chi connectivity index (χ3n) is 2.82. The Hall–Kier alpha value is -1.97. The fraction of sp³-hybridized carbons (Fsp3) is 0.200. The molecular weight excluding hydrogens is 251 g/mol. The Labute approximate surface area is 110 Å². The van der Waals surface area contributed by atoms with Crippen LogP contribution in [0.25, 0.3) is 0 Å². The minimum absolute atomic E-state index is 0.170. The predicted octanol–water partition coefficient (Wildman–Crippen LogP) is 4.15. The Morgan fingerprint density at radius 1 is 1.00 bits per heavy atom. The normalized spacial score (nSPS) is 12.2. The molecular formula is C15H14F3N. The molecule has 19 heavy (non-hydrogen) atoms. The number of anilines is 1. The second-order valence-corrected chi connectivity index (χ2v) is 4.47. The lowest BCUT2D eigenvalue weighted by Gasteiger charge is -2.16. The van der Waals surface area contributed by atoms with Crippen molar-refractivity contribution in [2.75, 3.05) is 5.32 Å². The summed E-state index contributed by atoms with van der Waals surface area (Å²) in [5.74, 6) is -1.55. The molecule has 2 rings (SSSR count). The van der Waals surface area contributed by atoms with Crippen molar-refractivity contribution in [1.29, 1.82) is 0 Å².